The van der Waals surface area contributed by atoms with Crippen molar-refractivity contribution in [3.8, 4) is 0 Å². The minimum Gasteiger partial charge on any atom is -0.168 e. The van der Waals surface area contributed by atoms with E-state index in [0.717, 1.165) is 11.8 Å². The van der Waals surface area contributed by atoms with Crippen molar-refractivity contribution < 1.29 is 0 Å². The molecule has 0 aromatic rings. The lowest BCUT2D eigenvalue weighted by Gasteiger charge is -2.40. The van der Waals surface area contributed by atoms with Crippen molar-refractivity contribution in [3.63, 3.8) is 0 Å². The maximum absolute atomic E-state index is 6.54. The highest BCUT2D eigenvalue weighted by Crippen LogP contribution is 2.69. The van der Waals surface area contributed by atoms with Gasteiger partial charge in [0, 0.05) is 0 Å². The van der Waals surface area contributed by atoms with E-state index in [1.807, 2.05) is 0 Å². The molecule has 3 atom stereocenters. The zero-order chi connectivity index (χ0) is 11.5. The average Bonchev–Trinajstić information content (AvgIpc) is 2.34. The van der Waals surface area contributed by atoms with Gasteiger partial charge in [-0.25, -0.2) is 0 Å². The van der Waals surface area contributed by atoms with Crippen LogP contribution in [0, 0.1) is 22.7 Å². The highest BCUT2D eigenvalue weighted by molar-refractivity contribution is 7.19. The van der Waals surface area contributed by atoms with Crippen LogP contribution in [0.3, 0.4) is 0 Å². The Morgan fingerprint density at radius 3 is 2.20 bits per heavy atom. The van der Waals surface area contributed by atoms with Crippen molar-refractivity contribution in [2.75, 3.05) is 0 Å². The van der Waals surface area contributed by atoms with E-state index < -0.39 is 7.38 Å². The number of rotatable bonds is 2. The first-order valence-electron chi connectivity index (χ1n) is 6.36. The lowest BCUT2D eigenvalue weighted by molar-refractivity contribution is 0.111. The van der Waals surface area contributed by atoms with Crippen LogP contribution in [0.15, 0.2) is 0 Å². The van der Waals surface area contributed by atoms with Crippen LogP contribution in [0.4, 0.5) is 0 Å². The van der Waals surface area contributed by atoms with Crippen LogP contribution in [-0.4, -0.2) is 7.38 Å². The fourth-order valence-corrected chi connectivity index (χ4v) is 6.61. The van der Waals surface area contributed by atoms with E-state index >= 15 is 0 Å². The Bertz CT molecular complexity index is 266. The quantitative estimate of drug-likeness (QED) is 0.479. The lowest BCUT2D eigenvalue weighted by Crippen LogP contribution is -2.35. The van der Waals surface area contributed by atoms with E-state index in [2.05, 4.69) is 33.9 Å². The summed E-state index contributed by atoms with van der Waals surface area (Å²) in [6.07, 6.45) is 4.35. The van der Waals surface area contributed by atoms with Crippen molar-refractivity contribution in [1.82, 2.24) is 0 Å². The van der Waals surface area contributed by atoms with Gasteiger partial charge >= 0.3 is 0 Å². The first-order chi connectivity index (χ1) is 6.67. The van der Waals surface area contributed by atoms with Crippen LogP contribution in [0.5, 0.6) is 0 Å². The third kappa shape index (κ3) is 1.70. The van der Waals surface area contributed by atoms with Gasteiger partial charge in [0.15, 0.2) is 7.38 Å². The number of halogens is 1. The zero-order valence-electron chi connectivity index (χ0n) is 10.9. The third-order valence-electron chi connectivity index (χ3n) is 5.71. The Kier molecular flexibility index (Phi) is 2.60. The van der Waals surface area contributed by atoms with Crippen molar-refractivity contribution in [3.05, 3.63) is 0 Å². The summed E-state index contributed by atoms with van der Waals surface area (Å²) < 4.78 is 0. The summed E-state index contributed by atoms with van der Waals surface area (Å²) in [5.74, 6) is 1.88. The first-order valence-corrected chi connectivity index (χ1v) is 10.6. The second-order valence-electron chi connectivity index (χ2n) is 7.23. The Morgan fingerprint density at radius 1 is 1.27 bits per heavy atom. The second kappa shape index (κ2) is 3.26. The van der Waals surface area contributed by atoms with Crippen LogP contribution < -0.4 is 0 Å². The first kappa shape index (κ1) is 12.0. The van der Waals surface area contributed by atoms with E-state index in [-0.39, 0.29) is 0 Å². The molecule has 2 saturated carbocycles. The average molecular weight is 245 g/mol. The van der Waals surface area contributed by atoms with Crippen molar-refractivity contribution in [2.24, 2.45) is 22.7 Å². The molecule has 0 aromatic carbocycles. The Labute approximate surface area is 100 Å². The molecule has 0 radical (unpaired) electrons. The van der Waals surface area contributed by atoms with Gasteiger partial charge in [-0.05, 0) is 48.0 Å². The SMILES string of the molecule is CC1(C)[C@H]2CC[C@]1(C)[C@H](C[Si](C)(C)Cl)C2. The van der Waals surface area contributed by atoms with Crippen molar-refractivity contribution in [1.29, 1.82) is 0 Å². The van der Waals surface area contributed by atoms with Crippen LogP contribution >= 0.6 is 11.1 Å². The van der Waals surface area contributed by atoms with Crippen molar-refractivity contribution in [2.45, 2.75) is 59.2 Å². The summed E-state index contributed by atoms with van der Waals surface area (Å²) in [5.41, 5.74) is 1.14. The maximum Gasteiger partial charge on any atom is 0.150 e. The third-order valence-corrected chi connectivity index (χ3v) is 7.63. The normalized spacial score (nSPS) is 43.6. The van der Waals surface area contributed by atoms with Crippen LogP contribution in [0.25, 0.3) is 0 Å². The molecule has 2 bridgehead atoms. The molecule has 2 fully saturated rings. The molecule has 0 aromatic heterocycles. The molecule has 0 spiro atoms. The molecule has 0 amide bonds. The molecule has 88 valence electrons. The summed E-state index contributed by atoms with van der Waals surface area (Å²) in [7, 11) is -1.40. The standard InChI is InChI=1S/C13H25ClSi/c1-12(2)10-6-7-13(12,3)11(8-10)9-15(4,5)14/h10-11H,6-9H2,1-5H3/t10-,11-,13+/m0/s1. The van der Waals surface area contributed by atoms with Crippen LogP contribution in [0.1, 0.15) is 40.0 Å². The molecule has 2 aliphatic rings. The summed E-state index contributed by atoms with van der Waals surface area (Å²) >= 11 is 6.54. The highest BCUT2D eigenvalue weighted by atomic mass is 35.6. The molecule has 2 rings (SSSR count). The van der Waals surface area contributed by atoms with Gasteiger partial charge in [-0.3, -0.25) is 0 Å². The number of hydrogen-bond acceptors (Lipinski definition) is 0. The van der Waals surface area contributed by atoms with Gasteiger partial charge in [-0.2, -0.15) is 11.1 Å². The smallest absolute Gasteiger partial charge is 0.150 e. The molecular formula is C13H25ClSi. The van der Waals surface area contributed by atoms with Gasteiger partial charge in [0.2, 0.25) is 0 Å². The van der Waals surface area contributed by atoms with Gasteiger partial charge in [-0.1, -0.05) is 33.9 Å². The van der Waals surface area contributed by atoms with E-state index in [9.17, 15) is 0 Å². The monoisotopic (exact) mass is 244 g/mol. The minimum absolute atomic E-state index is 0.564. The summed E-state index contributed by atoms with van der Waals surface area (Å²) in [6, 6.07) is 1.32. The predicted octanol–water partition coefficient (Wildman–Crippen LogP) is 4.89. The number of fused-ring (bicyclic) bond motifs is 2. The zero-order valence-corrected chi connectivity index (χ0v) is 12.6. The van der Waals surface area contributed by atoms with E-state index in [0.29, 0.717) is 10.8 Å². The Hall–Kier alpha value is 0.507. The van der Waals surface area contributed by atoms with Gasteiger partial charge in [0.05, 0.1) is 0 Å². The van der Waals surface area contributed by atoms with Crippen LogP contribution in [0.2, 0.25) is 19.1 Å². The molecule has 0 aliphatic heterocycles. The van der Waals surface area contributed by atoms with Gasteiger partial charge in [0.1, 0.15) is 0 Å². The Balaban J connectivity index is 2.19. The molecule has 2 aliphatic carbocycles. The molecule has 0 nitrogen and oxygen atoms in total. The minimum atomic E-state index is -1.40. The van der Waals surface area contributed by atoms with Gasteiger partial charge < -0.3 is 0 Å². The fourth-order valence-electron chi connectivity index (χ4n) is 4.26. The molecule has 0 saturated heterocycles. The Morgan fingerprint density at radius 2 is 1.87 bits per heavy atom. The topological polar surface area (TPSA) is 0 Å². The summed E-state index contributed by atoms with van der Waals surface area (Å²) in [5, 5.41) is 0. The second-order valence-corrected chi connectivity index (χ2v) is 14.1. The summed E-state index contributed by atoms with van der Waals surface area (Å²) in [4.78, 5) is 0. The predicted molar refractivity (Wildman–Crippen MR) is 70.9 cm³/mol. The highest BCUT2D eigenvalue weighted by Gasteiger charge is 2.61. The molecular weight excluding hydrogens is 220 g/mol. The van der Waals surface area contributed by atoms with E-state index in [4.69, 9.17) is 11.1 Å². The largest absolute Gasteiger partial charge is 0.168 e. The fraction of sp³-hybridized carbons (Fsp3) is 1.00. The summed E-state index contributed by atoms with van der Waals surface area (Å²) in [6.45, 7) is 12.1. The molecule has 0 unspecified atom stereocenters. The van der Waals surface area contributed by atoms with Crippen LogP contribution in [-0.2, 0) is 0 Å². The lowest BCUT2D eigenvalue weighted by atomic mass is 9.67. The van der Waals surface area contributed by atoms with Crippen molar-refractivity contribution >= 4 is 18.5 Å². The van der Waals surface area contributed by atoms with Gasteiger partial charge in [-0.15, -0.1) is 0 Å². The maximum atomic E-state index is 6.54. The van der Waals surface area contributed by atoms with Gasteiger partial charge in [0.25, 0.3) is 0 Å². The molecule has 15 heavy (non-hydrogen) atoms. The molecule has 2 heteroatoms. The molecule has 0 N–H and O–H groups in total. The van der Waals surface area contributed by atoms with E-state index in [1.165, 1.54) is 25.3 Å². The number of hydrogen-bond donors (Lipinski definition) is 0. The molecule has 0 heterocycles. The van der Waals surface area contributed by atoms with E-state index in [1.54, 1.807) is 0 Å².